The average molecular weight is 376 g/mol. The molecule has 0 aromatic heterocycles. The van der Waals surface area contributed by atoms with Gasteiger partial charge in [-0.3, -0.25) is 4.79 Å². The molecule has 5 nitrogen and oxygen atoms in total. The summed E-state index contributed by atoms with van der Waals surface area (Å²) in [5, 5.41) is 0. The summed E-state index contributed by atoms with van der Waals surface area (Å²) in [6.45, 7) is 11.0. The van der Waals surface area contributed by atoms with Gasteiger partial charge in [-0.15, -0.1) is 0 Å². The second-order valence-corrected chi connectivity index (χ2v) is 8.20. The van der Waals surface area contributed by atoms with Gasteiger partial charge in [0.2, 0.25) is 0 Å². The zero-order valence-corrected chi connectivity index (χ0v) is 17.6. The van der Waals surface area contributed by atoms with Gasteiger partial charge in [0.1, 0.15) is 5.75 Å². The maximum Gasteiger partial charge on any atom is 0.495 e. The zero-order chi connectivity index (χ0) is 20.1. The average Bonchev–Trinajstić information content (AvgIpc) is 2.81. The highest BCUT2D eigenvalue weighted by Gasteiger charge is 2.52. The molecule has 6 heteroatoms. The predicted octanol–water partition coefficient (Wildman–Crippen LogP) is 3.80. The number of aryl methyl sites for hydroxylation is 1. The Hall–Kier alpha value is -1.53. The minimum absolute atomic E-state index is 0.135. The molecule has 1 heterocycles. The van der Waals surface area contributed by atoms with E-state index in [4.69, 9.17) is 14.0 Å². The minimum Gasteiger partial charge on any atom is -0.494 e. The molecule has 0 spiro atoms. The maximum absolute atomic E-state index is 11.0. The lowest BCUT2D eigenvalue weighted by Gasteiger charge is -2.32. The molecule has 1 aliphatic heterocycles. The number of ether oxygens (including phenoxy) is 2. The third-order valence-electron chi connectivity index (χ3n) is 5.52. The molecule has 0 unspecified atom stereocenters. The topological polar surface area (TPSA) is 54.0 Å². The summed E-state index contributed by atoms with van der Waals surface area (Å²) in [6, 6.07) is 6.05. The van der Waals surface area contributed by atoms with Crippen LogP contribution >= 0.6 is 0 Å². The van der Waals surface area contributed by atoms with E-state index in [1.807, 2.05) is 18.2 Å². The van der Waals surface area contributed by atoms with E-state index in [-0.39, 0.29) is 24.3 Å². The Labute approximate surface area is 163 Å². The number of benzene rings is 1. The summed E-state index contributed by atoms with van der Waals surface area (Å²) in [7, 11) is 1.08. The lowest BCUT2D eigenvalue weighted by molar-refractivity contribution is -0.140. The summed E-state index contributed by atoms with van der Waals surface area (Å²) in [5.74, 6) is 0.728. The van der Waals surface area contributed by atoms with Gasteiger partial charge in [0.25, 0.3) is 0 Å². The number of methoxy groups -OCH3 is 1. The lowest BCUT2D eigenvalue weighted by Crippen LogP contribution is -2.41. The van der Waals surface area contributed by atoms with Crippen molar-refractivity contribution < 1.29 is 23.6 Å². The van der Waals surface area contributed by atoms with Gasteiger partial charge in [0.15, 0.2) is 0 Å². The number of carbonyl (C=O) groups is 1. The Morgan fingerprint density at radius 1 is 1.04 bits per heavy atom. The van der Waals surface area contributed by atoms with Crippen LogP contribution in [0.25, 0.3) is 0 Å². The molecule has 1 aromatic carbocycles. The highest BCUT2D eigenvalue weighted by molar-refractivity contribution is 6.62. The van der Waals surface area contributed by atoms with Crippen molar-refractivity contribution in [2.24, 2.45) is 0 Å². The van der Waals surface area contributed by atoms with E-state index in [0.29, 0.717) is 13.0 Å². The van der Waals surface area contributed by atoms with Crippen LogP contribution in [-0.4, -0.2) is 38.0 Å². The number of carbonyl (C=O) groups excluding carboxylic acids is 1. The van der Waals surface area contributed by atoms with Crippen molar-refractivity contribution in [3.63, 3.8) is 0 Å². The first-order chi connectivity index (χ1) is 12.7. The molecule has 0 atom stereocenters. The molecular formula is C21H33BO5. The van der Waals surface area contributed by atoms with Crippen LogP contribution in [0.4, 0.5) is 0 Å². The Bertz CT molecular complexity index is 625. The Balaban J connectivity index is 1.78. The van der Waals surface area contributed by atoms with E-state index in [1.54, 1.807) is 0 Å². The van der Waals surface area contributed by atoms with Gasteiger partial charge >= 0.3 is 13.1 Å². The molecule has 1 fully saturated rings. The summed E-state index contributed by atoms with van der Waals surface area (Å²) < 4.78 is 22.8. The van der Waals surface area contributed by atoms with Crippen molar-refractivity contribution in [2.75, 3.05) is 13.7 Å². The SMILES string of the molecule is COC(=O)CCCCCCOc1ccc(B2OC(C)(C)C(C)(C)O2)c(C)c1. The van der Waals surface area contributed by atoms with Gasteiger partial charge in [-0.2, -0.15) is 0 Å². The molecular weight excluding hydrogens is 343 g/mol. The molecule has 0 bridgehead atoms. The molecule has 1 aliphatic rings. The van der Waals surface area contributed by atoms with Crippen molar-refractivity contribution in [1.82, 2.24) is 0 Å². The number of unbranched alkanes of at least 4 members (excludes halogenated alkanes) is 3. The summed E-state index contributed by atoms with van der Waals surface area (Å²) in [5.41, 5.74) is 1.47. The zero-order valence-electron chi connectivity index (χ0n) is 17.6. The van der Waals surface area contributed by atoms with E-state index in [1.165, 1.54) is 7.11 Å². The van der Waals surface area contributed by atoms with Crippen LogP contribution in [0.3, 0.4) is 0 Å². The molecule has 1 aromatic rings. The molecule has 2 rings (SSSR count). The summed E-state index contributed by atoms with van der Waals surface area (Å²) in [6.07, 6.45) is 4.39. The molecule has 0 N–H and O–H groups in total. The van der Waals surface area contributed by atoms with E-state index in [2.05, 4.69) is 39.4 Å². The van der Waals surface area contributed by atoms with Crippen molar-refractivity contribution in [3.05, 3.63) is 23.8 Å². The van der Waals surface area contributed by atoms with E-state index in [0.717, 1.165) is 42.5 Å². The van der Waals surface area contributed by atoms with Crippen molar-refractivity contribution >= 4 is 18.6 Å². The fourth-order valence-corrected chi connectivity index (χ4v) is 2.99. The largest absolute Gasteiger partial charge is 0.495 e. The third-order valence-corrected chi connectivity index (χ3v) is 5.52. The monoisotopic (exact) mass is 376 g/mol. The Morgan fingerprint density at radius 3 is 2.26 bits per heavy atom. The van der Waals surface area contributed by atoms with Gasteiger partial charge < -0.3 is 18.8 Å². The summed E-state index contributed by atoms with van der Waals surface area (Å²) >= 11 is 0. The maximum atomic E-state index is 11.0. The standard InChI is InChI=1S/C21H33BO5/c1-16-15-17(25-14-10-8-7-9-11-19(23)24-6)12-13-18(16)22-26-20(2,3)21(4,5)27-22/h12-13,15H,7-11,14H2,1-6H3. The third kappa shape index (κ3) is 5.72. The van der Waals surface area contributed by atoms with Crippen LogP contribution in [0.15, 0.2) is 18.2 Å². The van der Waals surface area contributed by atoms with Gasteiger partial charge in [-0.1, -0.05) is 18.9 Å². The van der Waals surface area contributed by atoms with Crippen LogP contribution in [-0.2, 0) is 18.8 Å². The number of hydrogen-bond donors (Lipinski definition) is 0. The Morgan fingerprint density at radius 2 is 1.67 bits per heavy atom. The minimum atomic E-state index is -0.348. The van der Waals surface area contributed by atoms with Crippen LogP contribution in [0, 0.1) is 6.92 Å². The summed E-state index contributed by atoms with van der Waals surface area (Å²) in [4.78, 5) is 11.0. The quantitative estimate of drug-likeness (QED) is 0.373. The van der Waals surface area contributed by atoms with Gasteiger partial charge in [-0.25, -0.2) is 0 Å². The second kappa shape index (κ2) is 9.11. The highest BCUT2D eigenvalue weighted by atomic mass is 16.7. The molecule has 27 heavy (non-hydrogen) atoms. The Kier molecular flexibility index (Phi) is 7.35. The normalized spacial score (nSPS) is 17.8. The number of esters is 1. The molecule has 0 radical (unpaired) electrons. The van der Waals surface area contributed by atoms with Gasteiger partial charge in [0, 0.05) is 6.42 Å². The lowest BCUT2D eigenvalue weighted by atomic mass is 9.76. The van der Waals surface area contributed by atoms with Crippen LogP contribution in [0.5, 0.6) is 5.75 Å². The van der Waals surface area contributed by atoms with Crippen LogP contribution < -0.4 is 10.2 Å². The first-order valence-corrected chi connectivity index (χ1v) is 9.82. The number of rotatable bonds is 9. The molecule has 0 aliphatic carbocycles. The molecule has 150 valence electrons. The molecule has 1 saturated heterocycles. The van der Waals surface area contributed by atoms with Crippen LogP contribution in [0.1, 0.15) is 65.4 Å². The van der Waals surface area contributed by atoms with Crippen molar-refractivity contribution in [2.45, 2.75) is 77.9 Å². The van der Waals surface area contributed by atoms with Crippen molar-refractivity contribution in [3.8, 4) is 5.75 Å². The van der Waals surface area contributed by atoms with E-state index < -0.39 is 0 Å². The number of hydrogen-bond acceptors (Lipinski definition) is 5. The highest BCUT2D eigenvalue weighted by Crippen LogP contribution is 2.36. The fraction of sp³-hybridized carbons (Fsp3) is 0.667. The second-order valence-electron chi connectivity index (χ2n) is 8.20. The van der Waals surface area contributed by atoms with E-state index >= 15 is 0 Å². The first kappa shape index (κ1) is 21.8. The van der Waals surface area contributed by atoms with Gasteiger partial charge in [0.05, 0.1) is 24.9 Å². The molecule has 0 saturated carbocycles. The fourth-order valence-electron chi connectivity index (χ4n) is 2.99. The van der Waals surface area contributed by atoms with Crippen molar-refractivity contribution in [1.29, 1.82) is 0 Å². The first-order valence-electron chi connectivity index (χ1n) is 9.82. The van der Waals surface area contributed by atoms with E-state index in [9.17, 15) is 4.79 Å². The smallest absolute Gasteiger partial charge is 0.494 e. The predicted molar refractivity (Wildman–Crippen MR) is 107 cm³/mol. The molecule has 0 amide bonds. The van der Waals surface area contributed by atoms with Gasteiger partial charge in [-0.05, 0) is 70.6 Å². The van der Waals surface area contributed by atoms with Crippen LogP contribution in [0.2, 0.25) is 0 Å².